The summed E-state index contributed by atoms with van der Waals surface area (Å²) in [6.45, 7) is 5.77. The Morgan fingerprint density at radius 3 is 2.44 bits per heavy atom. The summed E-state index contributed by atoms with van der Waals surface area (Å²) < 4.78 is 31.6. The Hall–Kier alpha value is -4.02. The van der Waals surface area contributed by atoms with Crippen molar-refractivity contribution < 1.29 is 23.4 Å². The Morgan fingerprint density at radius 2 is 1.81 bits per heavy atom. The predicted octanol–water partition coefficient (Wildman–Crippen LogP) is 6.19. The molecule has 36 heavy (non-hydrogen) atoms. The molecule has 0 amide bonds. The zero-order chi connectivity index (χ0) is 26.0. The van der Waals surface area contributed by atoms with E-state index in [0.29, 0.717) is 17.2 Å². The number of fused-ring (bicyclic) bond motifs is 1. The molecule has 4 rings (SSSR count). The summed E-state index contributed by atoms with van der Waals surface area (Å²) in [5.41, 5.74) is 7.75. The van der Waals surface area contributed by atoms with E-state index >= 15 is 0 Å². The highest BCUT2D eigenvalue weighted by atomic mass is 35.5. The number of ether oxygens (including phenoxy) is 3. The van der Waals surface area contributed by atoms with Crippen molar-refractivity contribution in [2.45, 2.75) is 38.7 Å². The van der Waals surface area contributed by atoms with E-state index in [9.17, 15) is 14.4 Å². The lowest BCUT2D eigenvalue weighted by atomic mass is 9.83. The fourth-order valence-electron chi connectivity index (χ4n) is 3.96. The molecule has 3 aromatic carbocycles. The van der Waals surface area contributed by atoms with Crippen LogP contribution in [0, 0.1) is 17.1 Å². The molecule has 0 aliphatic carbocycles. The molecule has 0 saturated carbocycles. The summed E-state index contributed by atoms with van der Waals surface area (Å²) in [4.78, 5) is 12.7. The first-order valence-electron chi connectivity index (χ1n) is 11.3. The second kappa shape index (κ2) is 10.3. The standard InChI is InChI=1S/C28H24ClFN2O4/c1-15(2)17-7-9-18(10-8-17)34-16(3)28(33)35-19-11-12-20-24(13-19)36-27(32)21(14-31)25(20)26-22(29)5-4-6-23(26)30/h4-13,15-16,25H,32H2,1-3H3. The monoisotopic (exact) mass is 506 g/mol. The van der Waals surface area contributed by atoms with Crippen molar-refractivity contribution >= 4 is 17.6 Å². The van der Waals surface area contributed by atoms with E-state index in [0.717, 1.165) is 5.56 Å². The molecular weight excluding hydrogens is 483 g/mol. The van der Waals surface area contributed by atoms with Gasteiger partial charge in [0.15, 0.2) is 6.10 Å². The smallest absolute Gasteiger partial charge is 0.352 e. The Kier molecular flexibility index (Phi) is 7.18. The first-order chi connectivity index (χ1) is 17.2. The number of carbonyl (C=O) groups is 1. The number of esters is 1. The SMILES string of the molecule is CC(Oc1ccc(C(C)C)cc1)C(=O)Oc1ccc2c(c1)OC(N)=C(C#N)C2c1c(F)cccc1Cl. The van der Waals surface area contributed by atoms with Crippen molar-refractivity contribution in [1.82, 2.24) is 0 Å². The van der Waals surface area contributed by atoms with Gasteiger partial charge in [-0.3, -0.25) is 0 Å². The maximum atomic E-state index is 14.8. The van der Waals surface area contributed by atoms with Crippen molar-refractivity contribution in [1.29, 1.82) is 5.26 Å². The molecule has 2 unspecified atom stereocenters. The van der Waals surface area contributed by atoms with Crippen LogP contribution in [0.2, 0.25) is 5.02 Å². The van der Waals surface area contributed by atoms with E-state index < -0.39 is 23.8 Å². The maximum Gasteiger partial charge on any atom is 0.352 e. The number of benzene rings is 3. The molecule has 1 heterocycles. The van der Waals surface area contributed by atoms with Gasteiger partial charge < -0.3 is 19.9 Å². The fraction of sp³-hybridized carbons (Fsp3) is 0.214. The molecule has 2 N–H and O–H groups in total. The molecule has 2 atom stereocenters. The molecule has 0 fully saturated rings. The summed E-state index contributed by atoms with van der Waals surface area (Å²) in [7, 11) is 0. The van der Waals surface area contributed by atoms with Crippen LogP contribution < -0.4 is 19.9 Å². The summed E-state index contributed by atoms with van der Waals surface area (Å²) >= 11 is 6.29. The fourth-order valence-corrected chi connectivity index (χ4v) is 4.24. The second-order valence-corrected chi connectivity index (χ2v) is 9.07. The van der Waals surface area contributed by atoms with Crippen LogP contribution in [0.1, 0.15) is 49.3 Å². The number of nitrogens with zero attached hydrogens (tertiary/aromatic N) is 1. The van der Waals surface area contributed by atoms with Crippen LogP contribution in [-0.2, 0) is 4.79 Å². The number of rotatable bonds is 6. The molecule has 8 heteroatoms. The number of hydrogen-bond donors (Lipinski definition) is 1. The van der Waals surface area contributed by atoms with Gasteiger partial charge in [0.05, 0.1) is 5.92 Å². The molecule has 1 aliphatic heterocycles. The van der Waals surface area contributed by atoms with Gasteiger partial charge in [0.1, 0.15) is 34.7 Å². The van der Waals surface area contributed by atoms with Crippen LogP contribution in [0.15, 0.2) is 72.1 Å². The highest BCUT2D eigenvalue weighted by molar-refractivity contribution is 6.31. The molecule has 0 radical (unpaired) electrons. The first kappa shape index (κ1) is 25.1. The van der Waals surface area contributed by atoms with E-state index in [-0.39, 0.29) is 33.5 Å². The normalized spacial score (nSPS) is 15.5. The second-order valence-electron chi connectivity index (χ2n) is 8.66. The van der Waals surface area contributed by atoms with Gasteiger partial charge in [0, 0.05) is 22.2 Å². The summed E-state index contributed by atoms with van der Waals surface area (Å²) in [6, 6.07) is 18.4. The van der Waals surface area contributed by atoms with Crippen LogP contribution >= 0.6 is 11.6 Å². The molecule has 0 saturated heterocycles. The average molecular weight is 507 g/mol. The van der Waals surface area contributed by atoms with Gasteiger partial charge in [-0.2, -0.15) is 5.26 Å². The van der Waals surface area contributed by atoms with Gasteiger partial charge in [-0.25, -0.2) is 9.18 Å². The van der Waals surface area contributed by atoms with Crippen molar-refractivity contribution in [3.05, 3.63) is 99.7 Å². The molecule has 1 aliphatic rings. The summed E-state index contributed by atoms with van der Waals surface area (Å²) in [6.07, 6.45) is -0.882. The minimum atomic E-state index is -0.882. The van der Waals surface area contributed by atoms with E-state index in [2.05, 4.69) is 13.8 Å². The van der Waals surface area contributed by atoms with Crippen LogP contribution in [0.4, 0.5) is 4.39 Å². The Balaban J connectivity index is 1.56. The molecule has 184 valence electrons. The van der Waals surface area contributed by atoms with Crippen LogP contribution in [-0.4, -0.2) is 12.1 Å². The number of halogens is 2. The van der Waals surface area contributed by atoms with E-state index in [1.165, 1.54) is 30.3 Å². The van der Waals surface area contributed by atoms with Crippen molar-refractivity contribution in [3.63, 3.8) is 0 Å². The Bertz CT molecular complexity index is 1360. The van der Waals surface area contributed by atoms with Crippen molar-refractivity contribution in [2.75, 3.05) is 0 Å². The topological polar surface area (TPSA) is 94.6 Å². The molecule has 0 spiro atoms. The number of nitrogens with two attached hydrogens (primary N) is 1. The number of nitriles is 1. The van der Waals surface area contributed by atoms with Crippen molar-refractivity contribution in [2.24, 2.45) is 5.73 Å². The molecule has 0 aromatic heterocycles. The third-order valence-electron chi connectivity index (χ3n) is 5.89. The third kappa shape index (κ3) is 5.00. The van der Waals surface area contributed by atoms with Gasteiger partial charge in [-0.15, -0.1) is 0 Å². The van der Waals surface area contributed by atoms with Gasteiger partial charge in [0.25, 0.3) is 0 Å². The molecular formula is C28H24ClFN2O4. The van der Waals surface area contributed by atoms with Crippen LogP contribution in [0.25, 0.3) is 0 Å². The summed E-state index contributed by atoms with van der Waals surface area (Å²) in [5.74, 6) is -0.932. The minimum absolute atomic E-state index is 0.0322. The number of allylic oxidation sites excluding steroid dienone is 1. The average Bonchev–Trinajstić information content (AvgIpc) is 2.84. The summed E-state index contributed by atoms with van der Waals surface area (Å²) in [5, 5.41) is 9.83. The molecule has 6 nitrogen and oxygen atoms in total. The third-order valence-corrected chi connectivity index (χ3v) is 6.22. The van der Waals surface area contributed by atoms with Crippen LogP contribution in [0.5, 0.6) is 17.2 Å². The quantitative estimate of drug-likeness (QED) is 0.316. The Morgan fingerprint density at radius 1 is 1.11 bits per heavy atom. The minimum Gasteiger partial charge on any atom is -0.479 e. The van der Waals surface area contributed by atoms with E-state index in [1.54, 1.807) is 13.0 Å². The maximum absolute atomic E-state index is 14.8. The predicted molar refractivity (Wildman–Crippen MR) is 133 cm³/mol. The number of hydrogen-bond acceptors (Lipinski definition) is 6. The first-order valence-corrected chi connectivity index (χ1v) is 11.7. The van der Waals surface area contributed by atoms with E-state index in [1.807, 2.05) is 30.3 Å². The highest BCUT2D eigenvalue weighted by Gasteiger charge is 2.34. The lowest BCUT2D eigenvalue weighted by Gasteiger charge is -2.27. The van der Waals surface area contributed by atoms with Gasteiger partial charge in [-0.1, -0.05) is 49.7 Å². The zero-order valence-electron chi connectivity index (χ0n) is 19.9. The largest absolute Gasteiger partial charge is 0.479 e. The molecule has 3 aromatic rings. The van der Waals surface area contributed by atoms with Gasteiger partial charge in [0.2, 0.25) is 5.88 Å². The Labute approximate surface area is 213 Å². The molecule has 0 bridgehead atoms. The van der Waals surface area contributed by atoms with Crippen molar-refractivity contribution in [3.8, 4) is 23.3 Å². The van der Waals surface area contributed by atoms with Gasteiger partial charge in [-0.05, 0) is 48.7 Å². The van der Waals surface area contributed by atoms with Crippen LogP contribution in [0.3, 0.4) is 0 Å². The highest BCUT2D eigenvalue weighted by Crippen LogP contribution is 2.46. The van der Waals surface area contributed by atoms with Gasteiger partial charge >= 0.3 is 5.97 Å². The lowest BCUT2D eigenvalue weighted by molar-refractivity contribution is -0.141. The lowest BCUT2D eigenvalue weighted by Crippen LogP contribution is -2.28. The van der Waals surface area contributed by atoms with E-state index in [4.69, 9.17) is 31.5 Å². The zero-order valence-corrected chi connectivity index (χ0v) is 20.7. The number of carbonyl (C=O) groups excluding carboxylic acids is 1.